The van der Waals surface area contributed by atoms with Gasteiger partial charge in [0.25, 0.3) is 11.8 Å². The van der Waals surface area contributed by atoms with Crippen molar-refractivity contribution in [2.75, 3.05) is 18.1 Å². The number of nitrogens with two attached hydrogens (primary N) is 1. The Morgan fingerprint density at radius 1 is 1.05 bits per heavy atom. The van der Waals surface area contributed by atoms with Crippen LogP contribution in [-0.2, 0) is 0 Å². The smallest absolute Gasteiger partial charge is 0.256 e. The van der Waals surface area contributed by atoms with E-state index < -0.39 is 0 Å². The van der Waals surface area contributed by atoms with Crippen LogP contribution in [0.25, 0.3) is 0 Å². The van der Waals surface area contributed by atoms with Gasteiger partial charge >= 0.3 is 0 Å². The zero-order valence-corrected chi connectivity index (χ0v) is 11.9. The summed E-state index contributed by atoms with van der Waals surface area (Å²) in [6, 6.07) is 11.9. The molecule has 21 heavy (non-hydrogen) atoms. The molecular formula is C16H17N3O2. The summed E-state index contributed by atoms with van der Waals surface area (Å²) < 4.78 is 0. The molecule has 0 atom stereocenters. The Labute approximate surface area is 123 Å². The topological polar surface area (TPSA) is 84.2 Å². The van der Waals surface area contributed by atoms with Gasteiger partial charge in [-0.05, 0) is 42.8 Å². The number of carbonyl (C=O) groups excluding carboxylic acids is 2. The van der Waals surface area contributed by atoms with Gasteiger partial charge in [0.2, 0.25) is 0 Å². The molecule has 0 fully saturated rings. The van der Waals surface area contributed by atoms with Gasteiger partial charge < -0.3 is 16.4 Å². The van der Waals surface area contributed by atoms with Crippen molar-refractivity contribution in [3.8, 4) is 0 Å². The van der Waals surface area contributed by atoms with Crippen molar-refractivity contribution in [3.05, 3.63) is 59.2 Å². The molecule has 0 aliphatic carbocycles. The largest absolute Gasteiger partial charge is 0.398 e. The van der Waals surface area contributed by atoms with Crippen LogP contribution in [0.1, 0.15) is 26.3 Å². The zero-order chi connectivity index (χ0) is 15.4. The molecule has 0 unspecified atom stereocenters. The van der Waals surface area contributed by atoms with Crippen molar-refractivity contribution in [3.63, 3.8) is 0 Å². The maximum absolute atomic E-state index is 12.3. The summed E-state index contributed by atoms with van der Waals surface area (Å²) >= 11 is 0. The summed E-state index contributed by atoms with van der Waals surface area (Å²) in [5.74, 6) is -0.458. The number of nitrogen functional groups attached to an aromatic ring is 1. The average Bonchev–Trinajstić information content (AvgIpc) is 2.49. The third-order valence-corrected chi connectivity index (χ3v) is 3.23. The standard InChI is InChI=1S/C16H17N3O2/c1-10-13(7-4-8-14(10)17)16(21)19-12-6-3-5-11(9-12)15(20)18-2/h3-9H,17H2,1-2H3,(H,18,20)(H,19,21). The van der Waals surface area contributed by atoms with Crippen LogP contribution in [0.2, 0.25) is 0 Å². The molecule has 5 heteroatoms. The van der Waals surface area contributed by atoms with Gasteiger partial charge in [0.15, 0.2) is 0 Å². The lowest BCUT2D eigenvalue weighted by Gasteiger charge is -2.10. The summed E-state index contributed by atoms with van der Waals surface area (Å²) in [6.45, 7) is 1.80. The van der Waals surface area contributed by atoms with Gasteiger partial charge in [-0.15, -0.1) is 0 Å². The Morgan fingerprint density at radius 2 is 1.76 bits per heavy atom. The van der Waals surface area contributed by atoms with Crippen LogP contribution in [-0.4, -0.2) is 18.9 Å². The fraction of sp³-hybridized carbons (Fsp3) is 0.125. The van der Waals surface area contributed by atoms with E-state index in [1.54, 1.807) is 56.4 Å². The number of rotatable bonds is 3. The summed E-state index contributed by atoms with van der Waals surface area (Å²) in [5.41, 5.74) is 8.66. The van der Waals surface area contributed by atoms with Crippen LogP contribution in [0.5, 0.6) is 0 Å². The van der Waals surface area contributed by atoms with Crippen molar-refractivity contribution in [2.45, 2.75) is 6.92 Å². The first-order valence-corrected chi connectivity index (χ1v) is 6.51. The normalized spacial score (nSPS) is 10.0. The second kappa shape index (κ2) is 6.09. The van der Waals surface area contributed by atoms with Crippen LogP contribution in [0, 0.1) is 6.92 Å². The van der Waals surface area contributed by atoms with E-state index in [0.29, 0.717) is 22.5 Å². The lowest BCUT2D eigenvalue weighted by atomic mass is 10.1. The molecule has 108 valence electrons. The van der Waals surface area contributed by atoms with Gasteiger partial charge in [-0.3, -0.25) is 9.59 Å². The quantitative estimate of drug-likeness (QED) is 0.755. The van der Waals surface area contributed by atoms with E-state index in [-0.39, 0.29) is 11.8 Å². The molecule has 0 heterocycles. The summed E-state index contributed by atoms with van der Waals surface area (Å²) in [7, 11) is 1.56. The number of benzene rings is 2. The van der Waals surface area contributed by atoms with Crippen molar-refractivity contribution in [1.82, 2.24) is 5.32 Å². The second-order valence-corrected chi connectivity index (χ2v) is 4.63. The average molecular weight is 283 g/mol. The predicted octanol–water partition coefficient (Wildman–Crippen LogP) is 2.19. The van der Waals surface area contributed by atoms with Crippen LogP contribution in [0.3, 0.4) is 0 Å². The SMILES string of the molecule is CNC(=O)c1cccc(NC(=O)c2cccc(N)c2C)c1. The molecule has 4 N–H and O–H groups in total. The highest BCUT2D eigenvalue weighted by molar-refractivity contribution is 6.06. The number of hydrogen-bond acceptors (Lipinski definition) is 3. The maximum Gasteiger partial charge on any atom is 0.256 e. The Bertz CT molecular complexity index is 696. The van der Waals surface area contributed by atoms with Crippen LogP contribution in [0.15, 0.2) is 42.5 Å². The lowest BCUT2D eigenvalue weighted by Crippen LogP contribution is -2.18. The highest BCUT2D eigenvalue weighted by Crippen LogP contribution is 2.18. The van der Waals surface area contributed by atoms with Gasteiger partial charge in [-0.25, -0.2) is 0 Å². The molecule has 0 saturated heterocycles. The molecule has 0 aromatic heterocycles. The Morgan fingerprint density at radius 3 is 2.48 bits per heavy atom. The van der Waals surface area contributed by atoms with Crippen LogP contribution >= 0.6 is 0 Å². The highest BCUT2D eigenvalue weighted by Gasteiger charge is 2.11. The Hall–Kier alpha value is -2.82. The molecule has 0 spiro atoms. The van der Waals surface area contributed by atoms with Crippen molar-refractivity contribution in [1.29, 1.82) is 0 Å². The highest BCUT2D eigenvalue weighted by atomic mass is 16.2. The van der Waals surface area contributed by atoms with E-state index in [2.05, 4.69) is 10.6 Å². The molecule has 0 aliphatic heterocycles. The molecule has 2 aromatic carbocycles. The monoisotopic (exact) mass is 283 g/mol. The predicted molar refractivity (Wildman–Crippen MR) is 83.4 cm³/mol. The summed E-state index contributed by atoms with van der Waals surface area (Å²) in [5, 5.41) is 5.31. The van der Waals surface area contributed by atoms with Gasteiger partial charge in [0, 0.05) is 29.5 Å². The number of nitrogens with one attached hydrogen (secondary N) is 2. The van der Waals surface area contributed by atoms with Crippen molar-refractivity contribution in [2.24, 2.45) is 0 Å². The first-order chi connectivity index (χ1) is 10.0. The van der Waals surface area contributed by atoms with Crippen molar-refractivity contribution < 1.29 is 9.59 Å². The first kappa shape index (κ1) is 14.6. The van der Waals surface area contributed by atoms with E-state index in [4.69, 9.17) is 5.73 Å². The van der Waals surface area contributed by atoms with Crippen LogP contribution < -0.4 is 16.4 Å². The number of hydrogen-bond donors (Lipinski definition) is 3. The van der Waals surface area contributed by atoms with E-state index in [1.165, 1.54) is 0 Å². The molecule has 2 rings (SSSR count). The fourth-order valence-electron chi connectivity index (χ4n) is 1.98. The molecule has 2 aromatic rings. The molecule has 0 saturated carbocycles. The van der Waals surface area contributed by atoms with Gasteiger partial charge in [0.1, 0.15) is 0 Å². The molecule has 0 bridgehead atoms. The second-order valence-electron chi connectivity index (χ2n) is 4.63. The number of amides is 2. The third-order valence-electron chi connectivity index (χ3n) is 3.23. The minimum absolute atomic E-state index is 0.203. The number of carbonyl (C=O) groups is 2. The Balaban J connectivity index is 2.24. The summed E-state index contributed by atoms with van der Waals surface area (Å²) in [6.07, 6.45) is 0. The minimum Gasteiger partial charge on any atom is -0.398 e. The molecule has 0 radical (unpaired) electrons. The zero-order valence-electron chi connectivity index (χ0n) is 11.9. The van der Waals surface area contributed by atoms with E-state index in [9.17, 15) is 9.59 Å². The van der Waals surface area contributed by atoms with Gasteiger partial charge in [-0.1, -0.05) is 12.1 Å². The van der Waals surface area contributed by atoms with Gasteiger partial charge in [0.05, 0.1) is 0 Å². The first-order valence-electron chi connectivity index (χ1n) is 6.51. The summed E-state index contributed by atoms with van der Waals surface area (Å²) in [4.78, 5) is 23.9. The Kier molecular flexibility index (Phi) is 4.23. The maximum atomic E-state index is 12.3. The molecule has 0 aliphatic rings. The van der Waals surface area contributed by atoms with Crippen molar-refractivity contribution >= 4 is 23.2 Å². The molecular weight excluding hydrogens is 266 g/mol. The third kappa shape index (κ3) is 3.20. The number of anilines is 2. The van der Waals surface area contributed by atoms with E-state index in [1.807, 2.05) is 0 Å². The van der Waals surface area contributed by atoms with E-state index in [0.717, 1.165) is 5.56 Å². The fourth-order valence-corrected chi connectivity index (χ4v) is 1.98. The molecule has 5 nitrogen and oxygen atoms in total. The lowest BCUT2D eigenvalue weighted by molar-refractivity contribution is 0.0961. The van der Waals surface area contributed by atoms with Crippen LogP contribution in [0.4, 0.5) is 11.4 Å². The minimum atomic E-state index is -0.256. The molecule has 2 amide bonds. The van der Waals surface area contributed by atoms with E-state index >= 15 is 0 Å². The van der Waals surface area contributed by atoms with Gasteiger partial charge in [-0.2, -0.15) is 0 Å².